The minimum absolute atomic E-state index is 0.280. The van der Waals surface area contributed by atoms with E-state index in [1.54, 1.807) is 6.08 Å². The van der Waals surface area contributed by atoms with Gasteiger partial charge in [-0.1, -0.05) is 145 Å². The second-order valence-electron chi connectivity index (χ2n) is 14.9. The van der Waals surface area contributed by atoms with E-state index in [4.69, 9.17) is 9.47 Å². The van der Waals surface area contributed by atoms with Crippen molar-refractivity contribution in [2.75, 3.05) is 13.2 Å². The van der Waals surface area contributed by atoms with Gasteiger partial charge in [0.15, 0.2) is 6.29 Å². The first-order valence-electron chi connectivity index (χ1n) is 21.6. The molecule has 0 aromatic heterocycles. The Bertz CT molecular complexity index is 1060. The largest absolute Gasteiger partial charge is 0.394 e. The highest BCUT2D eigenvalue weighted by Gasteiger charge is 2.44. The molecule has 1 saturated heterocycles. The van der Waals surface area contributed by atoms with E-state index in [9.17, 15) is 35.4 Å². The predicted molar refractivity (Wildman–Crippen MR) is 222 cm³/mol. The summed E-state index contributed by atoms with van der Waals surface area (Å²) in [5.74, 6) is -0.647. The fourth-order valence-corrected chi connectivity index (χ4v) is 6.30. The van der Waals surface area contributed by atoms with Crippen molar-refractivity contribution in [3.63, 3.8) is 0 Å². The summed E-state index contributed by atoms with van der Waals surface area (Å²) in [6, 6.07) is -1.01. The lowest BCUT2D eigenvalue weighted by Crippen LogP contribution is -2.60. The molecular weight excluding hydrogens is 698 g/mol. The normalized spacial score (nSPS) is 22.5. The van der Waals surface area contributed by atoms with Gasteiger partial charge in [0.2, 0.25) is 5.91 Å². The summed E-state index contributed by atoms with van der Waals surface area (Å²) in [5, 5.41) is 64.5. The zero-order valence-electron chi connectivity index (χ0n) is 34.3. The first-order valence-corrected chi connectivity index (χ1v) is 21.6. The smallest absolute Gasteiger partial charge is 0.249 e. The number of rotatable bonds is 34. The van der Waals surface area contributed by atoms with Crippen LogP contribution in [-0.2, 0) is 14.3 Å². The van der Waals surface area contributed by atoms with Gasteiger partial charge in [-0.25, -0.2) is 0 Å². The van der Waals surface area contributed by atoms with E-state index in [-0.39, 0.29) is 13.0 Å². The minimum Gasteiger partial charge on any atom is -0.394 e. The summed E-state index contributed by atoms with van der Waals surface area (Å²) in [5.41, 5.74) is 0. The monoisotopic (exact) mass is 778 g/mol. The van der Waals surface area contributed by atoms with Crippen LogP contribution >= 0.6 is 0 Å². The summed E-state index contributed by atoms with van der Waals surface area (Å²) < 4.78 is 11.1. The van der Waals surface area contributed by atoms with Crippen molar-refractivity contribution >= 4 is 5.91 Å². The van der Waals surface area contributed by atoms with E-state index >= 15 is 0 Å². The van der Waals surface area contributed by atoms with E-state index in [0.717, 1.165) is 64.2 Å². The van der Waals surface area contributed by atoms with E-state index in [0.29, 0.717) is 12.8 Å². The SMILES string of the molecule is CCCCC/C=C\C=C/CCCCCCCC(O)C(=O)NC(COC1OC(CO)C(O)C(O)C1O)C(O)/C=C/CC/C=C/CC/C=C/CCCCCCCC. The Morgan fingerprint density at radius 3 is 1.73 bits per heavy atom. The molecule has 0 aromatic rings. The highest BCUT2D eigenvalue weighted by atomic mass is 16.7. The summed E-state index contributed by atoms with van der Waals surface area (Å²) in [4.78, 5) is 13.0. The van der Waals surface area contributed by atoms with Gasteiger partial charge in [0.25, 0.3) is 0 Å². The number of hydrogen-bond donors (Lipinski definition) is 7. The molecule has 1 fully saturated rings. The van der Waals surface area contributed by atoms with Crippen LogP contribution in [0.25, 0.3) is 0 Å². The number of amides is 1. The van der Waals surface area contributed by atoms with Crippen molar-refractivity contribution in [3.8, 4) is 0 Å². The van der Waals surface area contributed by atoms with Gasteiger partial charge in [-0.3, -0.25) is 4.79 Å². The molecule has 318 valence electrons. The number of ether oxygens (including phenoxy) is 2. The number of carbonyl (C=O) groups excluding carboxylic acids is 1. The predicted octanol–water partition coefficient (Wildman–Crippen LogP) is 7.41. The topological polar surface area (TPSA) is 169 Å². The molecule has 1 heterocycles. The minimum atomic E-state index is -1.62. The molecule has 8 atom stereocenters. The molecule has 0 saturated carbocycles. The molecule has 1 amide bonds. The van der Waals surface area contributed by atoms with Crippen LogP contribution in [0.15, 0.2) is 60.8 Å². The van der Waals surface area contributed by atoms with Crippen LogP contribution < -0.4 is 5.32 Å². The molecule has 55 heavy (non-hydrogen) atoms. The summed E-state index contributed by atoms with van der Waals surface area (Å²) in [6.45, 7) is 3.51. The average molecular weight is 778 g/mol. The van der Waals surface area contributed by atoms with Crippen LogP contribution in [0.1, 0.15) is 155 Å². The molecule has 0 aromatic carbocycles. The van der Waals surface area contributed by atoms with Crippen molar-refractivity contribution < 1.29 is 44.9 Å². The molecule has 0 bridgehead atoms. The van der Waals surface area contributed by atoms with Crippen LogP contribution in [0.2, 0.25) is 0 Å². The fraction of sp³-hybridized carbons (Fsp3) is 0.756. The Labute approximate surface area is 333 Å². The van der Waals surface area contributed by atoms with Crippen molar-refractivity contribution in [3.05, 3.63) is 60.8 Å². The number of aliphatic hydroxyl groups excluding tert-OH is 6. The molecule has 1 rings (SSSR count). The third-order valence-corrected chi connectivity index (χ3v) is 9.93. The van der Waals surface area contributed by atoms with Crippen molar-refractivity contribution in [1.29, 1.82) is 0 Å². The van der Waals surface area contributed by atoms with Crippen LogP contribution in [0.4, 0.5) is 0 Å². The van der Waals surface area contributed by atoms with Gasteiger partial charge in [0, 0.05) is 0 Å². The van der Waals surface area contributed by atoms with Crippen LogP contribution in [0.5, 0.6) is 0 Å². The molecule has 0 spiro atoms. The molecule has 10 nitrogen and oxygen atoms in total. The van der Waals surface area contributed by atoms with Gasteiger partial charge in [-0.2, -0.15) is 0 Å². The summed E-state index contributed by atoms with van der Waals surface area (Å²) >= 11 is 0. The molecule has 8 unspecified atom stereocenters. The number of carbonyl (C=O) groups is 1. The fourth-order valence-electron chi connectivity index (χ4n) is 6.30. The Morgan fingerprint density at radius 1 is 0.636 bits per heavy atom. The second-order valence-corrected chi connectivity index (χ2v) is 14.9. The van der Waals surface area contributed by atoms with Gasteiger partial charge in [0.05, 0.1) is 25.4 Å². The Hall–Kier alpha value is -2.15. The highest BCUT2D eigenvalue weighted by Crippen LogP contribution is 2.22. The standard InChI is InChI=1S/C45H79NO9/c1-3-5-7-9-11-13-15-17-19-20-22-23-25-27-29-31-33-38(48)37(36-54-45-43(52)42(51)41(50)40(35-47)55-45)46-44(53)39(49)34-32-30-28-26-24-21-18-16-14-12-10-8-6-4-2/h12,14,16-19,23,25,31,33,37-43,45,47-52H,3-11,13,15,20-22,24,26-30,32,34-36H2,1-2H3,(H,46,53)/b14-12-,18-16-,19-17+,25-23+,33-31+. The molecule has 1 aliphatic heterocycles. The Morgan fingerprint density at radius 2 is 1.13 bits per heavy atom. The lowest BCUT2D eigenvalue weighted by atomic mass is 9.99. The first kappa shape index (κ1) is 50.9. The van der Waals surface area contributed by atoms with Gasteiger partial charge in [0.1, 0.15) is 30.5 Å². The first-order chi connectivity index (χ1) is 26.8. The van der Waals surface area contributed by atoms with Gasteiger partial charge in [-0.05, 0) is 70.6 Å². The summed E-state index contributed by atoms with van der Waals surface area (Å²) in [7, 11) is 0. The summed E-state index contributed by atoms with van der Waals surface area (Å²) in [6.07, 6.45) is 34.4. The number of aliphatic hydroxyl groups is 6. The van der Waals surface area contributed by atoms with Crippen LogP contribution in [0.3, 0.4) is 0 Å². The van der Waals surface area contributed by atoms with E-state index in [1.807, 2.05) is 6.08 Å². The van der Waals surface area contributed by atoms with Gasteiger partial charge < -0.3 is 45.4 Å². The van der Waals surface area contributed by atoms with E-state index in [1.165, 1.54) is 57.8 Å². The maximum absolute atomic E-state index is 13.0. The molecule has 0 radical (unpaired) electrons. The van der Waals surface area contributed by atoms with E-state index < -0.39 is 61.5 Å². The number of unbranched alkanes of at least 4 members (excludes halogenated alkanes) is 16. The molecule has 0 aliphatic carbocycles. The maximum Gasteiger partial charge on any atom is 0.249 e. The quantitative estimate of drug-likeness (QED) is 0.0200. The molecule has 10 heteroatoms. The number of nitrogens with one attached hydrogen (secondary N) is 1. The highest BCUT2D eigenvalue weighted by molar-refractivity contribution is 5.80. The van der Waals surface area contributed by atoms with Gasteiger partial charge in [-0.15, -0.1) is 0 Å². The Kier molecular flexibility index (Phi) is 32.4. The van der Waals surface area contributed by atoms with Crippen LogP contribution in [-0.4, -0.2) is 98.7 Å². The molecule has 1 aliphatic rings. The lowest BCUT2D eigenvalue weighted by Gasteiger charge is -2.40. The molecular formula is C45H79NO9. The van der Waals surface area contributed by atoms with Gasteiger partial charge >= 0.3 is 0 Å². The zero-order chi connectivity index (χ0) is 40.4. The maximum atomic E-state index is 13.0. The van der Waals surface area contributed by atoms with Crippen molar-refractivity contribution in [1.82, 2.24) is 5.32 Å². The zero-order valence-corrected chi connectivity index (χ0v) is 34.3. The van der Waals surface area contributed by atoms with Crippen molar-refractivity contribution in [2.45, 2.75) is 204 Å². The third-order valence-electron chi connectivity index (χ3n) is 9.93. The van der Waals surface area contributed by atoms with Crippen molar-refractivity contribution in [2.24, 2.45) is 0 Å². The second kappa shape index (κ2) is 35.0. The Balaban J connectivity index is 2.53. The lowest BCUT2D eigenvalue weighted by molar-refractivity contribution is -0.302. The third kappa shape index (κ3) is 25.7. The van der Waals surface area contributed by atoms with Crippen LogP contribution in [0, 0.1) is 0 Å². The number of hydrogen-bond acceptors (Lipinski definition) is 9. The van der Waals surface area contributed by atoms with E-state index in [2.05, 4.69) is 67.8 Å². The average Bonchev–Trinajstić information content (AvgIpc) is 3.18. The number of allylic oxidation sites excluding steroid dienone is 9. The molecule has 7 N–H and O–H groups in total.